The van der Waals surface area contributed by atoms with Gasteiger partial charge in [0.15, 0.2) is 0 Å². The molecule has 0 saturated heterocycles. The summed E-state index contributed by atoms with van der Waals surface area (Å²) in [5.41, 5.74) is 6.12. The molecule has 1 unspecified atom stereocenters. The number of carboxylic acids is 1. The molecule has 3 rings (SSSR count). The summed E-state index contributed by atoms with van der Waals surface area (Å²) < 4.78 is 5.35. The molecule has 3 N–H and O–H groups in total. The van der Waals surface area contributed by atoms with E-state index in [0.717, 1.165) is 4.90 Å². The summed E-state index contributed by atoms with van der Waals surface area (Å²) in [6, 6.07) is 21.2. The molecule has 0 aliphatic rings. The Balaban J connectivity index is 1.90. The average Bonchev–Trinajstić information content (AvgIpc) is 2.83. The van der Waals surface area contributed by atoms with E-state index in [1.54, 1.807) is 60.7 Å². The highest BCUT2D eigenvalue weighted by Crippen LogP contribution is 2.26. The van der Waals surface area contributed by atoms with Crippen LogP contribution in [-0.2, 0) is 9.59 Å². The first-order chi connectivity index (χ1) is 15.9. The van der Waals surface area contributed by atoms with Crippen LogP contribution in [0.4, 0.5) is 5.69 Å². The van der Waals surface area contributed by atoms with Crippen LogP contribution in [0.3, 0.4) is 0 Å². The van der Waals surface area contributed by atoms with E-state index in [1.165, 1.54) is 24.3 Å². The van der Waals surface area contributed by atoms with Gasteiger partial charge in [-0.1, -0.05) is 36.4 Å². The molecule has 8 nitrogen and oxygen atoms in total. The number of ether oxygens (including phenoxy) is 1. The maximum absolute atomic E-state index is 13.2. The van der Waals surface area contributed by atoms with Gasteiger partial charge in [0.05, 0.1) is 5.56 Å². The smallest absolute Gasteiger partial charge is 0.343 e. The van der Waals surface area contributed by atoms with Crippen LogP contribution in [0.1, 0.15) is 33.6 Å². The lowest BCUT2D eigenvalue weighted by Crippen LogP contribution is -2.46. The van der Waals surface area contributed by atoms with Gasteiger partial charge in [0.2, 0.25) is 5.91 Å². The van der Waals surface area contributed by atoms with Crippen molar-refractivity contribution in [1.82, 2.24) is 0 Å². The van der Waals surface area contributed by atoms with Gasteiger partial charge < -0.3 is 15.6 Å². The Bertz CT molecular complexity index is 1130. The van der Waals surface area contributed by atoms with E-state index in [9.17, 15) is 24.3 Å². The van der Waals surface area contributed by atoms with E-state index in [1.807, 2.05) is 0 Å². The fraction of sp³-hybridized carbons (Fsp3) is 0.120. The molecular weight excluding hydrogens is 424 g/mol. The molecule has 0 heterocycles. The number of nitrogens with zero attached hydrogens (tertiary/aromatic N) is 1. The maximum Gasteiger partial charge on any atom is 0.343 e. The summed E-state index contributed by atoms with van der Waals surface area (Å²) in [7, 11) is 0. The van der Waals surface area contributed by atoms with Crippen LogP contribution in [0.25, 0.3) is 0 Å². The average molecular weight is 446 g/mol. The predicted octanol–water partition coefficient (Wildman–Crippen LogP) is 3.27. The van der Waals surface area contributed by atoms with Crippen molar-refractivity contribution in [3.63, 3.8) is 0 Å². The molecular formula is C25H22N2O6. The van der Waals surface area contributed by atoms with Crippen molar-refractivity contribution < 1.29 is 29.0 Å². The van der Waals surface area contributed by atoms with Crippen molar-refractivity contribution in [2.45, 2.75) is 18.9 Å². The summed E-state index contributed by atoms with van der Waals surface area (Å²) in [5, 5.41) is 9.80. The number of amides is 2. The molecule has 33 heavy (non-hydrogen) atoms. The third kappa shape index (κ3) is 6.04. The third-order valence-corrected chi connectivity index (χ3v) is 4.84. The van der Waals surface area contributed by atoms with Crippen molar-refractivity contribution in [1.29, 1.82) is 0 Å². The Hall–Kier alpha value is -4.46. The quantitative estimate of drug-likeness (QED) is 0.384. The molecule has 1 atom stereocenters. The van der Waals surface area contributed by atoms with E-state index in [-0.39, 0.29) is 29.8 Å². The minimum absolute atomic E-state index is 0.159. The fourth-order valence-electron chi connectivity index (χ4n) is 3.22. The van der Waals surface area contributed by atoms with Crippen LogP contribution in [-0.4, -0.2) is 34.9 Å². The number of carbonyl (C=O) groups is 4. The van der Waals surface area contributed by atoms with Crippen LogP contribution in [0, 0.1) is 0 Å². The van der Waals surface area contributed by atoms with Gasteiger partial charge >= 0.3 is 11.9 Å². The lowest BCUT2D eigenvalue weighted by atomic mass is 10.1. The number of hydrogen-bond acceptors (Lipinski definition) is 5. The highest BCUT2D eigenvalue weighted by Gasteiger charge is 2.32. The Morgan fingerprint density at radius 1 is 0.818 bits per heavy atom. The summed E-state index contributed by atoms with van der Waals surface area (Å²) in [6.45, 7) is 0. The number of primary amides is 1. The van der Waals surface area contributed by atoms with Crippen molar-refractivity contribution in [3.05, 3.63) is 96.1 Å². The molecule has 0 radical (unpaired) electrons. The first-order valence-electron chi connectivity index (χ1n) is 10.1. The number of esters is 1. The lowest BCUT2D eigenvalue weighted by molar-refractivity contribution is -0.138. The van der Waals surface area contributed by atoms with Gasteiger partial charge in [0, 0.05) is 17.7 Å². The molecule has 0 bridgehead atoms. The lowest BCUT2D eigenvalue weighted by Gasteiger charge is -2.29. The number of anilines is 1. The second-order valence-electron chi connectivity index (χ2n) is 7.15. The molecule has 0 aromatic heterocycles. The van der Waals surface area contributed by atoms with Crippen molar-refractivity contribution in [2.24, 2.45) is 5.73 Å². The number of nitrogens with two attached hydrogens (primary N) is 1. The van der Waals surface area contributed by atoms with Gasteiger partial charge in [-0.05, 0) is 55.0 Å². The van der Waals surface area contributed by atoms with Gasteiger partial charge in [-0.2, -0.15) is 0 Å². The van der Waals surface area contributed by atoms with Gasteiger partial charge in [-0.25, -0.2) is 9.59 Å². The summed E-state index contributed by atoms with van der Waals surface area (Å²) in [6.07, 6.45) is -0.365. The first-order valence-corrected chi connectivity index (χ1v) is 10.1. The standard InChI is InChI=1S/C25H22N2O6/c26-22(28)16-15-21(24(30)31)27(23(29)17-7-3-1-4-8-17)19-11-13-20(14-12-19)33-25(32)18-9-5-2-6-10-18/h1-14,21H,15-16H2,(H2,26,28)(H,30,31). The molecule has 3 aromatic carbocycles. The van der Waals surface area contributed by atoms with E-state index in [4.69, 9.17) is 10.5 Å². The molecule has 0 fully saturated rings. The topological polar surface area (TPSA) is 127 Å². The highest BCUT2D eigenvalue weighted by atomic mass is 16.5. The molecule has 168 valence electrons. The highest BCUT2D eigenvalue weighted by molar-refractivity contribution is 6.09. The zero-order valence-corrected chi connectivity index (χ0v) is 17.6. The van der Waals surface area contributed by atoms with Gasteiger partial charge in [-0.15, -0.1) is 0 Å². The van der Waals surface area contributed by atoms with E-state index >= 15 is 0 Å². The van der Waals surface area contributed by atoms with Crippen LogP contribution >= 0.6 is 0 Å². The van der Waals surface area contributed by atoms with E-state index < -0.39 is 29.8 Å². The second kappa shape index (κ2) is 10.7. The van der Waals surface area contributed by atoms with Gasteiger partial charge in [-0.3, -0.25) is 14.5 Å². The molecule has 0 aliphatic heterocycles. The normalized spacial score (nSPS) is 11.3. The summed E-state index contributed by atoms with van der Waals surface area (Å²) in [5.74, 6) is -2.83. The van der Waals surface area contributed by atoms with Crippen LogP contribution in [0.5, 0.6) is 5.75 Å². The zero-order valence-electron chi connectivity index (χ0n) is 17.6. The van der Waals surface area contributed by atoms with Crippen molar-refractivity contribution in [3.8, 4) is 5.75 Å². The van der Waals surface area contributed by atoms with E-state index in [0.29, 0.717) is 5.56 Å². The van der Waals surface area contributed by atoms with Gasteiger partial charge in [0.25, 0.3) is 5.91 Å². The molecule has 0 aliphatic carbocycles. The Morgan fingerprint density at radius 3 is 1.88 bits per heavy atom. The first kappa shape index (κ1) is 23.2. The van der Waals surface area contributed by atoms with Crippen LogP contribution in [0.15, 0.2) is 84.9 Å². The van der Waals surface area contributed by atoms with Crippen LogP contribution in [0.2, 0.25) is 0 Å². The van der Waals surface area contributed by atoms with Crippen LogP contribution < -0.4 is 15.4 Å². The number of aliphatic carboxylic acids is 1. The second-order valence-corrected chi connectivity index (χ2v) is 7.15. The fourth-order valence-corrected chi connectivity index (χ4v) is 3.22. The third-order valence-electron chi connectivity index (χ3n) is 4.84. The minimum atomic E-state index is -1.33. The Morgan fingerprint density at radius 2 is 1.36 bits per heavy atom. The number of benzene rings is 3. The summed E-state index contributed by atoms with van der Waals surface area (Å²) >= 11 is 0. The largest absolute Gasteiger partial charge is 0.480 e. The number of rotatable bonds is 9. The molecule has 0 saturated carbocycles. The molecule has 8 heteroatoms. The molecule has 3 aromatic rings. The SMILES string of the molecule is NC(=O)CCC(C(=O)O)N(C(=O)c1ccccc1)c1ccc(OC(=O)c2ccccc2)cc1. The number of hydrogen-bond donors (Lipinski definition) is 2. The van der Waals surface area contributed by atoms with E-state index in [2.05, 4.69) is 0 Å². The molecule has 0 spiro atoms. The zero-order chi connectivity index (χ0) is 23.8. The van der Waals surface area contributed by atoms with Gasteiger partial charge in [0.1, 0.15) is 11.8 Å². The van der Waals surface area contributed by atoms with Crippen molar-refractivity contribution in [2.75, 3.05) is 4.90 Å². The number of carboxylic acid groups (broad SMARTS) is 1. The maximum atomic E-state index is 13.2. The number of carbonyl (C=O) groups excluding carboxylic acids is 3. The monoisotopic (exact) mass is 446 g/mol. The Labute approximate surface area is 190 Å². The Kier molecular flexibility index (Phi) is 7.54. The van der Waals surface area contributed by atoms with Crippen molar-refractivity contribution >= 4 is 29.4 Å². The predicted molar refractivity (Wildman–Crippen MR) is 121 cm³/mol. The minimum Gasteiger partial charge on any atom is -0.480 e. The summed E-state index contributed by atoms with van der Waals surface area (Å²) in [4.78, 5) is 49.9. The molecule has 2 amide bonds.